The summed E-state index contributed by atoms with van der Waals surface area (Å²) in [5.41, 5.74) is 3.71. The summed E-state index contributed by atoms with van der Waals surface area (Å²) < 4.78 is 29.3. The van der Waals surface area contributed by atoms with Crippen molar-refractivity contribution >= 4 is 11.6 Å². The fourth-order valence-corrected chi connectivity index (χ4v) is 2.59. The summed E-state index contributed by atoms with van der Waals surface area (Å²) in [6, 6.07) is 1.48. The SMILES string of the molecule is Cc1cc(C(C)NC(=O)C2=NC3=C2C=CC3)cnc1OCC(F)F. The van der Waals surface area contributed by atoms with Crippen molar-refractivity contribution in [1.82, 2.24) is 10.3 Å². The van der Waals surface area contributed by atoms with Crippen LogP contribution in [0.4, 0.5) is 8.78 Å². The number of nitrogens with zero attached hydrogens (tertiary/aromatic N) is 2. The summed E-state index contributed by atoms with van der Waals surface area (Å²) in [7, 11) is 0. The van der Waals surface area contributed by atoms with E-state index < -0.39 is 13.0 Å². The van der Waals surface area contributed by atoms with Gasteiger partial charge in [-0.1, -0.05) is 12.2 Å². The molecule has 24 heavy (non-hydrogen) atoms. The van der Waals surface area contributed by atoms with Crippen molar-refractivity contribution in [3.8, 4) is 5.88 Å². The van der Waals surface area contributed by atoms with Crippen LogP contribution in [0, 0.1) is 6.92 Å². The molecule has 7 heteroatoms. The average molecular weight is 333 g/mol. The standard InChI is InChI=1S/C17H17F2N3O2/c1-9-6-11(7-20-17(9)24-8-14(18)19)10(2)21-16(23)15-12-4-3-5-13(12)22-15/h3-4,6-7,10,14H,5,8H2,1-2H3,(H,21,23). The number of hydrogen-bond donors (Lipinski definition) is 1. The Morgan fingerprint density at radius 2 is 2.25 bits per heavy atom. The van der Waals surface area contributed by atoms with Gasteiger partial charge in [0.1, 0.15) is 5.71 Å². The Hall–Kier alpha value is -2.57. The number of alkyl halides is 2. The summed E-state index contributed by atoms with van der Waals surface area (Å²) in [4.78, 5) is 20.5. The molecule has 0 spiro atoms. The molecular weight excluding hydrogens is 316 g/mol. The quantitative estimate of drug-likeness (QED) is 0.871. The minimum absolute atomic E-state index is 0.173. The first-order valence-corrected chi connectivity index (χ1v) is 7.63. The van der Waals surface area contributed by atoms with Crippen LogP contribution in [0.25, 0.3) is 0 Å². The van der Waals surface area contributed by atoms with E-state index in [0.717, 1.165) is 23.3 Å². The van der Waals surface area contributed by atoms with Crippen molar-refractivity contribution in [1.29, 1.82) is 0 Å². The number of carbonyl (C=O) groups is 1. The van der Waals surface area contributed by atoms with E-state index in [4.69, 9.17) is 4.74 Å². The summed E-state index contributed by atoms with van der Waals surface area (Å²) in [5.74, 6) is -0.0599. The molecule has 126 valence electrons. The summed E-state index contributed by atoms with van der Waals surface area (Å²) in [6.07, 6.45) is 3.63. The number of pyridine rings is 1. The van der Waals surface area contributed by atoms with Gasteiger partial charge in [-0.05, 0) is 25.5 Å². The maximum atomic E-state index is 12.2. The van der Waals surface area contributed by atoms with E-state index in [0.29, 0.717) is 11.3 Å². The first-order chi connectivity index (χ1) is 11.5. The van der Waals surface area contributed by atoms with E-state index in [9.17, 15) is 13.6 Å². The van der Waals surface area contributed by atoms with E-state index >= 15 is 0 Å². The van der Waals surface area contributed by atoms with Gasteiger partial charge in [-0.3, -0.25) is 4.79 Å². The second kappa shape index (κ2) is 6.51. The first kappa shape index (κ1) is 16.3. The number of aliphatic imine (C=N–C) groups is 1. The zero-order chi connectivity index (χ0) is 17.3. The average Bonchev–Trinajstić information content (AvgIpc) is 2.86. The lowest BCUT2D eigenvalue weighted by Gasteiger charge is -2.20. The Bertz CT molecular complexity index is 769. The molecule has 0 saturated heterocycles. The second-order valence-corrected chi connectivity index (χ2v) is 5.72. The monoisotopic (exact) mass is 333 g/mol. The number of carbonyl (C=O) groups excluding carboxylic acids is 1. The van der Waals surface area contributed by atoms with Gasteiger partial charge < -0.3 is 10.1 Å². The number of allylic oxidation sites excluding steroid dienone is 2. The molecule has 0 fully saturated rings. The Balaban J connectivity index is 1.62. The number of aromatic nitrogens is 1. The van der Waals surface area contributed by atoms with Gasteiger partial charge in [-0.2, -0.15) is 0 Å². The van der Waals surface area contributed by atoms with Crippen molar-refractivity contribution in [3.05, 3.63) is 46.8 Å². The molecular formula is C17H17F2N3O2. The molecule has 5 nitrogen and oxygen atoms in total. The van der Waals surface area contributed by atoms with E-state index in [1.807, 2.05) is 19.1 Å². The lowest BCUT2D eigenvalue weighted by atomic mass is 10.0. The van der Waals surface area contributed by atoms with E-state index in [1.54, 1.807) is 13.0 Å². The molecule has 2 heterocycles. The lowest BCUT2D eigenvalue weighted by molar-refractivity contribution is -0.115. The summed E-state index contributed by atoms with van der Waals surface area (Å²) in [5, 5.41) is 2.87. The molecule has 1 aliphatic carbocycles. The van der Waals surface area contributed by atoms with Crippen LogP contribution < -0.4 is 10.1 Å². The maximum Gasteiger partial charge on any atom is 0.272 e. The Morgan fingerprint density at radius 3 is 2.92 bits per heavy atom. The van der Waals surface area contributed by atoms with Gasteiger partial charge in [0, 0.05) is 23.8 Å². The van der Waals surface area contributed by atoms with Crippen molar-refractivity contribution < 1.29 is 18.3 Å². The van der Waals surface area contributed by atoms with Crippen molar-refractivity contribution in [2.45, 2.75) is 32.7 Å². The fourth-order valence-electron chi connectivity index (χ4n) is 2.59. The first-order valence-electron chi connectivity index (χ1n) is 7.63. The van der Waals surface area contributed by atoms with Gasteiger partial charge in [-0.25, -0.2) is 18.8 Å². The van der Waals surface area contributed by atoms with Crippen molar-refractivity contribution in [3.63, 3.8) is 0 Å². The van der Waals surface area contributed by atoms with Crippen LogP contribution in [0.3, 0.4) is 0 Å². The van der Waals surface area contributed by atoms with Crippen molar-refractivity contribution in [2.24, 2.45) is 4.99 Å². The predicted molar refractivity (Wildman–Crippen MR) is 85.2 cm³/mol. The number of amides is 1. The van der Waals surface area contributed by atoms with Gasteiger partial charge in [0.2, 0.25) is 5.88 Å². The van der Waals surface area contributed by atoms with Crippen LogP contribution in [0.15, 0.2) is 40.7 Å². The van der Waals surface area contributed by atoms with E-state index in [2.05, 4.69) is 15.3 Å². The predicted octanol–water partition coefficient (Wildman–Crippen LogP) is 2.88. The van der Waals surface area contributed by atoms with Crippen LogP contribution in [0.2, 0.25) is 0 Å². The maximum absolute atomic E-state index is 12.2. The summed E-state index contributed by atoms with van der Waals surface area (Å²) in [6.45, 7) is 2.86. The normalized spacial score (nSPS) is 16.6. The van der Waals surface area contributed by atoms with Crippen LogP contribution >= 0.6 is 0 Å². The Morgan fingerprint density at radius 1 is 1.46 bits per heavy atom. The number of rotatable bonds is 6. The third-order valence-electron chi connectivity index (χ3n) is 3.87. The lowest BCUT2D eigenvalue weighted by Crippen LogP contribution is -2.36. The van der Waals surface area contributed by atoms with Gasteiger partial charge >= 0.3 is 0 Å². The highest BCUT2D eigenvalue weighted by molar-refractivity contribution is 6.48. The molecule has 0 aromatic carbocycles. The molecule has 1 aromatic rings. The molecule has 0 radical (unpaired) electrons. The Kier molecular flexibility index (Phi) is 4.42. The summed E-state index contributed by atoms with van der Waals surface area (Å²) >= 11 is 0. The molecule has 1 unspecified atom stereocenters. The molecule has 2 aliphatic rings. The third-order valence-corrected chi connectivity index (χ3v) is 3.87. The third kappa shape index (κ3) is 3.20. The highest BCUT2D eigenvalue weighted by atomic mass is 19.3. The molecule has 1 aliphatic heterocycles. The molecule has 0 saturated carbocycles. The number of halogens is 2. The fraction of sp³-hybridized carbons (Fsp3) is 0.353. The minimum Gasteiger partial charge on any atom is -0.471 e. The zero-order valence-corrected chi connectivity index (χ0v) is 13.3. The molecule has 3 rings (SSSR count). The number of aryl methyl sites for hydroxylation is 1. The van der Waals surface area contributed by atoms with Crippen LogP contribution in [-0.2, 0) is 4.79 Å². The topological polar surface area (TPSA) is 63.6 Å². The van der Waals surface area contributed by atoms with E-state index in [-0.39, 0.29) is 17.8 Å². The van der Waals surface area contributed by atoms with E-state index in [1.165, 1.54) is 6.20 Å². The van der Waals surface area contributed by atoms with Crippen LogP contribution in [-0.4, -0.2) is 29.6 Å². The van der Waals surface area contributed by atoms with Crippen molar-refractivity contribution in [2.75, 3.05) is 6.61 Å². The molecule has 1 N–H and O–H groups in total. The molecule has 1 aromatic heterocycles. The number of ether oxygens (including phenoxy) is 1. The molecule has 0 bridgehead atoms. The smallest absolute Gasteiger partial charge is 0.272 e. The highest BCUT2D eigenvalue weighted by Gasteiger charge is 2.29. The highest BCUT2D eigenvalue weighted by Crippen LogP contribution is 2.30. The largest absolute Gasteiger partial charge is 0.471 e. The van der Waals surface area contributed by atoms with Crippen LogP contribution in [0.5, 0.6) is 5.88 Å². The molecule has 1 atom stereocenters. The zero-order valence-electron chi connectivity index (χ0n) is 13.3. The number of hydrogen-bond acceptors (Lipinski definition) is 4. The van der Waals surface area contributed by atoms with Gasteiger partial charge in [0.25, 0.3) is 12.3 Å². The van der Waals surface area contributed by atoms with Crippen LogP contribution in [0.1, 0.15) is 30.5 Å². The van der Waals surface area contributed by atoms with Gasteiger partial charge in [0.05, 0.1) is 11.7 Å². The minimum atomic E-state index is -2.55. The second-order valence-electron chi connectivity index (χ2n) is 5.72. The molecule has 1 amide bonds. The Labute approximate surface area is 138 Å². The van der Waals surface area contributed by atoms with Gasteiger partial charge in [0.15, 0.2) is 6.61 Å². The van der Waals surface area contributed by atoms with Gasteiger partial charge in [-0.15, -0.1) is 0 Å². The number of nitrogens with one attached hydrogen (secondary N) is 1.